The minimum atomic E-state index is 0.0529. The van der Waals surface area contributed by atoms with Crippen LogP contribution in [0.5, 0.6) is 5.75 Å². The number of methoxy groups -OCH3 is 1. The number of rotatable bonds is 5. The van der Waals surface area contributed by atoms with Crippen molar-refractivity contribution >= 4 is 0 Å². The monoisotopic (exact) mass is 221 g/mol. The van der Waals surface area contributed by atoms with Gasteiger partial charge in [0.25, 0.3) is 0 Å². The van der Waals surface area contributed by atoms with Crippen LogP contribution in [0.15, 0.2) is 18.2 Å². The molecule has 0 aromatic heterocycles. The smallest absolute Gasteiger partial charge is 0.122 e. The second kappa shape index (κ2) is 5.35. The predicted octanol–water partition coefficient (Wildman–Crippen LogP) is 3.02. The van der Waals surface area contributed by atoms with Crippen molar-refractivity contribution in [2.24, 2.45) is 5.73 Å². The summed E-state index contributed by atoms with van der Waals surface area (Å²) in [6.45, 7) is 7.16. The van der Waals surface area contributed by atoms with Gasteiger partial charge in [0.15, 0.2) is 0 Å². The average molecular weight is 221 g/mol. The van der Waals surface area contributed by atoms with E-state index in [0.717, 1.165) is 18.6 Å². The van der Waals surface area contributed by atoms with E-state index in [2.05, 4.69) is 32.9 Å². The summed E-state index contributed by atoms with van der Waals surface area (Å²) in [7, 11) is 1.72. The Bertz CT molecular complexity index is 334. The molecule has 1 aromatic rings. The van der Waals surface area contributed by atoms with Gasteiger partial charge in [-0.3, -0.25) is 0 Å². The molecule has 90 valence electrons. The van der Waals surface area contributed by atoms with Crippen LogP contribution >= 0.6 is 0 Å². The van der Waals surface area contributed by atoms with E-state index in [0.29, 0.717) is 6.54 Å². The number of aryl methyl sites for hydroxylation is 1. The SMILES string of the molecule is CCC(CC)(CN)c1cc(C)ccc1OC. The fourth-order valence-corrected chi connectivity index (χ4v) is 2.27. The molecule has 0 amide bonds. The molecule has 2 nitrogen and oxygen atoms in total. The van der Waals surface area contributed by atoms with E-state index < -0.39 is 0 Å². The molecule has 0 bridgehead atoms. The summed E-state index contributed by atoms with van der Waals surface area (Å²) in [4.78, 5) is 0. The van der Waals surface area contributed by atoms with Gasteiger partial charge < -0.3 is 10.5 Å². The summed E-state index contributed by atoms with van der Waals surface area (Å²) in [6, 6.07) is 6.33. The van der Waals surface area contributed by atoms with Crippen LogP contribution < -0.4 is 10.5 Å². The Hall–Kier alpha value is -1.02. The third-order valence-electron chi connectivity index (χ3n) is 3.67. The molecule has 0 saturated heterocycles. The molecule has 0 radical (unpaired) electrons. The second-order valence-corrected chi connectivity index (χ2v) is 4.40. The van der Waals surface area contributed by atoms with Crippen LogP contribution in [0.2, 0.25) is 0 Å². The zero-order valence-corrected chi connectivity index (χ0v) is 10.8. The Morgan fingerprint density at radius 1 is 1.25 bits per heavy atom. The number of benzene rings is 1. The van der Waals surface area contributed by atoms with Crippen LogP contribution in [-0.4, -0.2) is 13.7 Å². The molecular weight excluding hydrogens is 198 g/mol. The molecule has 0 aliphatic carbocycles. The lowest BCUT2D eigenvalue weighted by atomic mass is 9.75. The van der Waals surface area contributed by atoms with Gasteiger partial charge in [-0.1, -0.05) is 31.5 Å². The van der Waals surface area contributed by atoms with Gasteiger partial charge in [-0.25, -0.2) is 0 Å². The lowest BCUT2D eigenvalue weighted by Gasteiger charge is -2.32. The lowest BCUT2D eigenvalue weighted by molar-refractivity contribution is 0.360. The summed E-state index contributed by atoms with van der Waals surface area (Å²) in [5, 5.41) is 0. The van der Waals surface area contributed by atoms with Gasteiger partial charge in [0, 0.05) is 17.5 Å². The highest BCUT2D eigenvalue weighted by molar-refractivity contribution is 5.42. The van der Waals surface area contributed by atoms with Crippen molar-refractivity contribution in [3.8, 4) is 5.75 Å². The minimum absolute atomic E-state index is 0.0529. The maximum absolute atomic E-state index is 5.98. The Morgan fingerprint density at radius 3 is 2.31 bits per heavy atom. The predicted molar refractivity (Wildman–Crippen MR) is 69.0 cm³/mol. The molecule has 0 aliphatic rings. The van der Waals surface area contributed by atoms with Gasteiger partial charge in [0.1, 0.15) is 5.75 Å². The topological polar surface area (TPSA) is 35.2 Å². The number of hydrogen-bond acceptors (Lipinski definition) is 2. The summed E-state index contributed by atoms with van der Waals surface area (Å²) < 4.78 is 5.46. The van der Waals surface area contributed by atoms with E-state index >= 15 is 0 Å². The molecule has 2 N–H and O–H groups in total. The van der Waals surface area contributed by atoms with Gasteiger partial charge in [-0.05, 0) is 25.8 Å². The first-order chi connectivity index (χ1) is 7.63. The zero-order valence-electron chi connectivity index (χ0n) is 10.8. The molecule has 1 aromatic carbocycles. The summed E-state index contributed by atoms with van der Waals surface area (Å²) >= 11 is 0. The molecule has 0 atom stereocenters. The van der Waals surface area contributed by atoms with E-state index in [1.165, 1.54) is 11.1 Å². The largest absolute Gasteiger partial charge is 0.496 e. The molecule has 1 rings (SSSR count). The highest BCUT2D eigenvalue weighted by Crippen LogP contribution is 2.37. The minimum Gasteiger partial charge on any atom is -0.496 e. The molecular formula is C14H23NO. The van der Waals surface area contributed by atoms with Crippen molar-refractivity contribution in [3.63, 3.8) is 0 Å². The van der Waals surface area contributed by atoms with Crippen LogP contribution in [0.3, 0.4) is 0 Å². The first-order valence-corrected chi connectivity index (χ1v) is 5.98. The summed E-state index contributed by atoms with van der Waals surface area (Å²) in [5.74, 6) is 0.958. The molecule has 2 heteroatoms. The van der Waals surface area contributed by atoms with Crippen molar-refractivity contribution in [1.82, 2.24) is 0 Å². The Labute approximate surface area is 98.8 Å². The first kappa shape index (κ1) is 13.0. The van der Waals surface area contributed by atoms with Gasteiger partial charge >= 0.3 is 0 Å². The quantitative estimate of drug-likeness (QED) is 0.829. The van der Waals surface area contributed by atoms with E-state index in [-0.39, 0.29) is 5.41 Å². The van der Waals surface area contributed by atoms with Crippen molar-refractivity contribution in [3.05, 3.63) is 29.3 Å². The number of nitrogens with two attached hydrogens (primary N) is 1. The van der Waals surface area contributed by atoms with Gasteiger partial charge in [0.05, 0.1) is 7.11 Å². The summed E-state index contributed by atoms with van der Waals surface area (Å²) in [5.41, 5.74) is 8.54. The highest BCUT2D eigenvalue weighted by Gasteiger charge is 2.29. The Balaban J connectivity index is 3.32. The second-order valence-electron chi connectivity index (χ2n) is 4.40. The lowest BCUT2D eigenvalue weighted by Crippen LogP contribution is -2.34. The molecule has 0 spiro atoms. The molecule has 0 saturated carbocycles. The molecule has 0 aliphatic heterocycles. The van der Waals surface area contributed by atoms with E-state index in [9.17, 15) is 0 Å². The van der Waals surface area contributed by atoms with Crippen molar-refractivity contribution in [2.75, 3.05) is 13.7 Å². The van der Waals surface area contributed by atoms with Crippen LogP contribution in [-0.2, 0) is 5.41 Å². The third kappa shape index (κ3) is 2.22. The number of hydrogen-bond donors (Lipinski definition) is 1. The van der Waals surface area contributed by atoms with E-state index in [1.807, 2.05) is 6.07 Å². The standard InChI is InChI=1S/C14H23NO/c1-5-14(6-2,10-15)12-9-11(3)7-8-13(12)16-4/h7-9H,5-6,10,15H2,1-4H3. The third-order valence-corrected chi connectivity index (χ3v) is 3.67. The van der Waals surface area contributed by atoms with E-state index in [4.69, 9.17) is 10.5 Å². The van der Waals surface area contributed by atoms with Crippen molar-refractivity contribution < 1.29 is 4.74 Å². The number of ether oxygens (including phenoxy) is 1. The fourth-order valence-electron chi connectivity index (χ4n) is 2.27. The van der Waals surface area contributed by atoms with Crippen molar-refractivity contribution in [1.29, 1.82) is 0 Å². The highest BCUT2D eigenvalue weighted by atomic mass is 16.5. The molecule has 0 fully saturated rings. The molecule has 0 unspecified atom stereocenters. The maximum Gasteiger partial charge on any atom is 0.122 e. The van der Waals surface area contributed by atoms with Crippen LogP contribution in [0.1, 0.15) is 37.8 Å². The zero-order chi connectivity index (χ0) is 12.2. The Kier molecular flexibility index (Phi) is 4.36. The van der Waals surface area contributed by atoms with Crippen LogP contribution in [0.25, 0.3) is 0 Å². The Morgan fingerprint density at radius 2 is 1.88 bits per heavy atom. The molecule has 16 heavy (non-hydrogen) atoms. The van der Waals surface area contributed by atoms with Gasteiger partial charge in [-0.2, -0.15) is 0 Å². The first-order valence-electron chi connectivity index (χ1n) is 5.98. The van der Waals surface area contributed by atoms with Gasteiger partial charge in [0.2, 0.25) is 0 Å². The average Bonchev–Trinajstić information content (AvgIpc) is 2.32. The fraction of sp³-hybridized carbons (Fsp3) is 0.571. The normalized spacial score (nSPS) is 11.6. The van der Waals surface area contributed by atoms with Crippen molar-refractivity contribution in [2.45, 2.75) is 39.0 Å². The van der Waals surface area contributed by atoms with Crippen LogP contribution in [0.4, 0.5) is 0 Å². The van der Waals surface area contributed by atoms with Crippen LogP contribution in [0, 0.1) is 6.92 Å². The maximum atomic E-state index is 5.98. The van der Waals surface area contributed by atoms with Gasteiger partial charge in [-0.15, -0.1) is 0 Å². The molecule has 0 heterocycles. The van der Waals surface area contributed by atoms with E-state index in [1.54, 1.807) is 7.11 Å². The summed E-state index contributed by atoms with van der Waals surface area (Å²) in [6.07, 6.45) is 2.08.